The van der Waals surface area contributed by atoms with Gasteiger partial charge in [-0.05, 0) is 18.6 Å². The van der Waals surface area contributed by atoms with Gasteiger partial charge in [0.2, 0.25) is 0 Å². The van der Waals surface area contributed by atoms with Gasteiger partial charge in [-0.1, -0.05) is 30.7 Å². The second-order valence-electron chi connectivity index (χ2n) is 3.69. The van der Waals surface area contributed by atoms with Crippen molar-refractivity contribution in [3.8, 4) is 11.4 Å². The van der Waals surface area contributed by atoms with E-state index in [9.17, 15) is 4.79 Å². The summed E-state index contributed by atoms with van der Waals surface area (Å²) < 4.78 is 0. The lowest BCUT2D eigenvalue weighted by molar-refractivity contribution is 0.0694. The Bertz CT molecular complexity index is 599. The summed E-state index contributed by atoms with van der Waals surface area (Å²) >= 11 is 6.06. The molecule has 0 fully saturated rings. The summed E-state index contributed by atoms with van der Waals surface area (Å²) in [6.45, 7) is 1.85. The van der Waals surface area contributed by atoms with Crippen LogP contribution in [0.5, 0.6) is 0 Å². The van der Waals surface area contributed by atoms with Crippen molar-refractivity contribution in [3.05, 3.63) is 46.7 Å². The van der Waals surface area contributed by atoms with Crippen LogP contribution in [0, 0.1) is 0 Å². The molecule has 1 aromatic carbocycles. The molecule has 0 amide bonds. The first-order chi connectivity index (χ1) is 8.63. The topological polar surface area (TPSA) is 63.1 Å². The van der Waals surface area contributed by atoms with Gasteiger partial charge in [-0.15, -0.1) is 0 Å². The Morgan fingerprint density at radius 3 is 2.72 bits per heavy atom. The summed E-state index contributed by atoms with van der Waals surface area (Å²) in [6.07, 6.45) is 1.86. The lowest BCUT2D eigenvalue weighted by Gasteiger charge is -2.06. The first-order valence-electron chi connectivity index (χ1n) is 5.47. The summed E-state index contributed by atoms with van der Waals surface area (Å²) in [5.41, 5.74) is 1.34. The number of aromatic nitrogens is 2. The third-order valence-corrected chi connectivity index (χ3v) is 2.88. The molecular formula is C13H11ClN2O2. The van der Waals surface area contributed by atoms with Crippen molar-refractivity contribution in [1.82, 2.24) is 9.97 Å². The highest BCUT2D eigenvalue weighted by molar-refractivity contribution is 6.33. The number of aryl methyl sites for hydroxylation is 1. The third kappa shape index (κ3) is 2.33. The van der Waals surface area contributed by atoms with E-state index in [1.807, 2.05) is 19.1 Å². The fourth-order valence-corrected chi connectivity index (χ4v) is 1.86. The van der Waals surface area contributed by atoms with Gasteiger partial charge in [-0.3, -0.25) is 0 Å². The number of hydrogen-bond acceptors (Lipinski definition) is 3. The molecular weight excluding hydrogens is 252 g/mol. The number of aromatic carboxylic acids is 1. The smallest absolute Gasteiger partial charge is 0.339 e. The predicted octanol–water partition coefficient (Wildman–Crippen LogP) is 3.06. The molecule has 1 heterocycles. The van der Waals surface area contributed by atoms with Gasteiger partial charge < -0.3 is 5.11 Å². The Kier molecular flexibility index (Phi) is 3.58. The van der Waals surface area contributed by atoms with Crippen molar-refractivity contribution < 1.29 is 9.90 Å². The molecule has 0 atom stereocenters. The quantitative estimate of drug-likeness (QED) is 0.923. The summed E-state index contributed by atoms with van der Waals surface area (Å²) in [5.74, 6) is -0.569. The molecule has 0 unspecified atom stereocenters. The molecule has 2 rings (SSSR count). The maximum absolute atomic E-state index is 11.0. The molecule has 1 N–H and O–H groups in total. The highest BCUT2D eigenvalue weighted by atomic mass is 35.5. The molecule has 0 spiro atoms. The minimum Gasteiger partial charge on any atom is -0.478 e. The minimum atomic E-state index is -1.02. The Morgan fingerprint density at radius 1 is 1.39 bits per heavy atom. The average Bonchev–Trinajstić information content (AvgIpc) is 2.38. The van der Waals surface area contributed by atoms with Gasteiger partial charge in [0.15, 0.2) is 5.82 Å². The van der Waals surface area contributed by atoms with Crippen LogP contribution in [-0.2, 0) is 6.42 Å². The van der Waals surface area contributed by atoms with Crippen LogP contribution in [0.25, 0.3) is 11.4 Å². The van der Waals surface area contributed by atoms with E-state index in [2.05, 4.69) is 9.97 Å². The molecule has 0 aliphatic heterocycles. The van der Waals surface area contributed by atoms with Crippen molar-refractivity contribution in [2.75, 3.05) is 0 Å². The monoisotopic (exact) mass is 262 g/mol. The van der Waals surface area contributed by atoms with Crippen LogP contribution in [0.2, 0.25) is 5.02 Å². The molecule has 4 nitrogen and oxygen atoms in total. The highest BCUT2D eigenvalue weighted by Gasteiger charge is 2.13. The van der Waals surface area contributed by atoms with Gasteiger partial charge >= 0.3 is 5.97 Å². The van der Waals surface area contributed by atoms with Gasteiger partial charge in [-0.25, -0.2) is 14.8 Å². The molecule has 0 aliphatic rings. The largest absolute Gasteiger partial charge is 0.478 e. The van der Waals surface area contributed by atoms with Crippen LogP contribution in [0.4, 0.5) is 0 Å². The average molecular weight is 263 g/mol. The maximum Gasteiger partial charge on any atom is 0.339 e. The normalized spacial score (nSPS) is 10.3. The van der Waals surface area contributed by atoms with Gasteiger partial charge in [-0.2, -0.15) is 0 Å². The van der Waals surface area contributed by atoms with Gasteiger partial charge in [0.1, 0.15) is 0 Å². The first kappa shape index (κ1) is 12.5. The molecule has 0 bridgehead atoms. The second-order valence-corrected chi connectivity index (χ2v) is 4.10. The highest BCUT2D eigenvalue weighted by Crippen LogP contribution is 2.25. The van der Waals surface area contributed by atoms with Crippen LogP contribution in [0.1, 0.15) is 23.0 Å². The molecule has 0 saturated heterocycles. The molecule has 2 aromatic rings. The third-order valence-electron chi connectivity index (χ3n) is 2.55. The van der Waals surface area contributed by atoms with Crippen molar-refractivity contribution in [2.24, 2.45) is 0 Å². The van der Waals surface area contributed by atoms with E-state index < -0.39 is 5.97 Å². The standard InChI is InChI=1S/C13H11ClN2O2/c1-2-11-9(13(17)18)7-15-12(16-11)8-5-3-4-6-10(8)14/h3-7H,2H2,1H3,(H,17,18). The first-order valence-corrected chi connectivity index (χ1v) is 5.85. The number of rotatable bonds is 3. The van der Waals surface area contributed by atoms with E-state index in [4.69, 9.17) is 16.7 Å². The van der Waals surface area contributed by atoms with E-state index in [1.165, 1.54) is 6.20 Å². The summed E-state index contributed by atoms with van der Waals surface area (Å²) in [6, 6.07) is 7.20. The number of carbonyl (C=O) groups is 1. The zero-order valence-electron chi connectivity index (χ0n) is 9.72. The van der Waals surface area contributed by atoms with E-state index in [0.29, 0.717) is 28.5 Å². The van der Waals surface area contributed by atoms with Crippen LogP contribution in [-0.4, -0.2) is 21.0 Å². The van der Waals surface area contributed by atoms with Gasteiger partial charge in [0.25, 0.3) is 0 Å². The summed E-state index contributed by atoms with van der Waals surface area (Å²) in [7, 11) is 0. The van der Waals surface area contributed by atoms with Crippen LogP contribution >= 0.6 is 11.6 Å². The summed E-state index contributed by atoms with van der Waals surface area (Å²) in [5, 5.41) is 9.55. The molecule has 1 aromatic heterocycles. The number of carboxylic acid groups (broad SMARTS) is 1. The minimum absolute atomic E-state index is 0.133. The van der Waals surface area contributed by atoms with E-state index >= 15 is 0 Å². The Morgan fingerprint density at radius 2 is 2.11 bits per heavy atom. The second kappa shape index (κ2) is 5.14. The summed E-state index contributed by atoms with van der Waals surface area (Å²) in [4.78, 5) is 19.3. The lowest BCUT2D eigenvalue weighted by Crippen LogP contribution is -2.06. The van der Waals surface area contributed by atoms with Crippen molar-refractivity contribution >= 4 is 17.6 Å². The van der Waals surface area contributed by atoms with Crippen molar-refractivity contribution in [1.29, 1.82) is 0 Å². The predicted molar refractivity (Wildman–Crippen MR) is 68.8 cm³/mol. The SMILES string of the molecule is CCc1nc(-c2ccccc2Cl)ncc1C(=O)O. The van der Waals surface area contributed by atoms with Crippen LogP contribution in [0.15, 0.2) is 30.5 Å². The van der Waals surface area contributed by atoms with Crippen molar-refractivity contribution in [3.63, 3.8) is 0 Å². The van der Waals surface area contributed by atoms with Crippen molar-refractivity contribution in [2.45, 2.75) is 13.3 Å². The Hall–Kier alpha value is -1.94. The van der Waals surface area contributed by atoms with E-state index in [1.54, 1.807) is 12.1 Å². The molecule has 0 aliphatic carbocycles. The van der Waals surface area contributed by atoms with E-state index in [0.717, 1.165) is 0 Å². The number of nitrogens with zero attached hydrogens (tertiary/aromatic N) is 2. The van der Waals surface area contributed by atoms with E-state index in [-0.39, 0.29) is 5.56 Å². The lowest BCUT2D eigenvalue weighted by atomic mass is 10.1. The molecule has 5 heteroatoms. The molecule has 0 radical (unpaired) electrons. The molecule has 92 valence electrons. The fourth-order valence-electron chi connectivity index (χ4n) is 1.64. The molecule has 18 heavy (non-hydrogen) atoms. The number of halogens is 1. The number of benzene rings is 1. The zero-order chi connectivity index (χ0) is 13.1. The van der Waals surface area contributed by atoms with Crippen LogP contribution < -0.4 is 0 Å². The molecule has 0 saturated carbocycles. The maximum atomic E-state index is 11.0. The Balaban J connectivity index is 2.55. The number of hydrogen-bond donors (Lipinski definition) is 1. The zero-order valence-corrected chi connectivity index (χ0v) is 10.5. The number of carboxylic acids is 1. The van der Waals surface area contributed by atoms with Crippen LogP contribution in [0.3, 0.4) is 0 Å². The van der Waals surface area contributed by atoms with Gasteiger partial charge in [0, 0.05) is 11.8 Å². The van der Waals surface area contributed by atoms with Gasteiger partial charge in [0.05, 0.1) is 16.3 Å². The fraction of sp³-hybridized carbons (Fsp3) is 0.154. The Labute approximate surface area is 109 Å².